The molecule has 1 unspecified atom stereocenters. The summed E-state index contributed by atoms with van der Waals surface area (Å²) in [6.45, 7) is 5.21. The summed E-state index contributed by atoms with van der Waals surface area (Å²) in [6.07, 6.45) is -0.0435. The van der Waals surface area contributed by atoms with Gasteiger partial charge in [0.1, 0.15) is 0 Å². The standard InChI is InChI=1S/C7H14N2O3.CH3N.H2/c1-2-9-7(11)4-3-6(8)12-5-10;1-2;/h5-6H,2-4,8H2,1H3,(H,9,11);2H,1H2;1H. The Hall–Kier alpha value is -1.43. The molecule has 0 fully saturated rings. The van der Waals surface area contributed by atoms with Crippen molar-refractivity contribution in [1.29, 1.82) is 5.41 Å². The van der Waals surface area contributed by atoms with Crippen molar-refractivity contribution in [3.8, 4) is 0 Å². The fraction of sp³-hybridized carbons (Fsp3) is 0.625. The minimum atomic E-state index is -0.676. The molecule has 6 nitrogen and oxygen atoms in total. The Bertz CT molecular complexity index is 169. The number of rotatable bonds is 6. The number of hydrogen-bond donors (Lipinski definition) is 3. The van der Waals surface area contributed by atoms with Crippen LogP contribution >= 0.6 is 0 Å². The number of carbonyl (C=O) groups is 2. The van der Waals surface area contributed by atoms with Crippen LogP contribution in [0.3, 0.4) is 0 Å². The van der Waals surface area contributed by atoms with Crippen LogP contribution in [0.15, 0.2) is 0 Å². The van der Waals surface area contributed by atoms with Crippen molar-refractivity contribution >= 4 is 19.1 Å². The average Bonchev–Trinajstić information content (AvgIpc) is 2.19. The van der Waals surface area contributed by atoms with Crippen LogP contribution in [0.25, 0.3) is 0 Å². The van der Waals surface area contributed by atoms with Gasteiger partial charge in [-0.05, 0) is 13.6 Å². The Morgan fingerprint density at radius 3 is 2.79 bits per heavy atom. The van der Waals surface area contributed by atoms with Gasteiger partial charge in [-0.15, -0.1) is 0 Å². The van der Waals surface area contributed by atoms with Crippen LogP contribution in [-0.2, 0) is 14.3 Å². The fourth-order valence-corrected chi connectivity index (χ4v) is 0.698. The molecular weight excluding hydrogens is 186 g/mol. The fourth-order valence-electron chi connectivity index (χ4n) is 0.698. The molecule has 0 aliphatic heterocycles. The number of carbonyl (C=O) groups excluding carboxylic acids is 2. The molecule has 0 radical (unpaired) electrons. The third-order valence-electron chi connectivity index (χ3n) is 1.26. The first kappa shape index (κ1) is 15.1. The summed E-state index contributed by atoms with van der Waals surface area (Å²) in [7, 11) is 0. The van der Waals surface area contributed by atoms with E-state index in [2.05, 4.69) is 16.8 Å². The summed E-state index contributed by atoms with van der Waals surface area (Å²) in [5.41, 5.74) is 5.30. The predicted molar refractivity (Wildman–Crippen MR) is 55.0 cm³/mol. The lowest BCUT2D eigenvalue weighted by molar-refractivity contribution is -0.134. The number of nitrogens with two attached hydrogens (primary N) is 1. The van der Waals surface area contributed by atoms with E-state index in [9.17, 15) is 9.59 Å². The van der Waals surface area contributed by atoms with Crippen LogP contribution in [-0.4, -0.2) is 31.9 Å². The van der Waals surface area contributed by atoms with E-state index in [0.29, 0.717) is 13.0 Å². The van der Waals surface area contributed by atoms with Gasteiger partial charge in [0.2, 0.25) is 5.91 Å². The lowest BCUT2D eigenvalue weighted by Crippen LogP contribution is -2.28. The second kappa shape index (κ2) is 11.6. The van der Waals surface area contributed by atoms with Gasteiger partial charge in [0.05, 0.1) is 0 Å². The van der Waals surface area contributed by atoms with E-state index in [-0.39, 0.29) is 20.2 Å². The normalized spacial score (nSPS) is 10.4. The molecule has 14 heavy (non-hydrogen) atoms. The number of nitrogens with one attached hydrogen (secondary N) is 2. The lowest BCUT2D eigenvalue weighted by atomic mass is 10.3. The van der Waals surface area contributed by atoms with Gasteiger partial charge in [-0.3, -0.25) is 15.3 Å². The summed E-state index contributed by atoms with van der Waals surface area (Å²) < 4.78 is 4.39. The highest BCUT2D eigenvalue weighted by atomic mass is 16.5. The second-order valence-electron chi connectivity index (χ2n) is 2.26. The molecule has 6 heteroatoms. The Balaban J connectivity index is -0.000000449. The Labute approximate surface area is 84.8 Å². The van der Waals surface area contributed by atoms with Crippen molar-refractivity contribution in [3.05, 3.63) is 0 Å². The van der Waals surface area contributed by atoms with E-state index in [4.69, 9.17) is 11.1 Å². The maximum absolute atomic E-state index is 10.8. The molecule has 84 valence electrons. The van der Waals surface area contributed by atoms with E-state index in [1.807, 2.05) is 6.92 Å². The Morgan fingerprint density at radius 2 is 2.36 bits per heavy atom. The highest BCUT2D eigenvalue weighted by Crippen LogP contribution is 1.94. The second-order valence-corrected chi connectivity index (χ2v) is 2.26. The molecule has 0 aliphatic carbocycles. The van der Waals surface area contributed by atoms with Gasteiger partial charge >= 0.3 is 0 Å². The van der Waals surface area contributed by atoms with Crippen LogP contribution in [0, 0.1) is 5.41 Å². The zero-order valence-corrected chi connectivity index (χ0v) is 8.29. The van der Waals surface area contributed by atoms with Crippen molar-refractivity contribution in [1.82, 2.24) is 5.32 Å². The average molecular weight is 205 g/mol. The zero-order chi connectivity index (χ0) is 11.4. The van der Waals surface area contributed by atoms with E-state index >= 15 is 0 Å². The summed E-state index contributed by atoms with van der Waals surface area (Å²) in [5.74, 6) is -0.0811. The SMILES string of the molecule is C=N.CCNC(=O)CCC(N)OC=O.[HH]. The molecule has 0 saturated heterocycles. The van der Waals surface area contributed by atoms with Crippen molar-refractivity contribution in [2.75, 3.05) is 6.54 Å². The molecule has 0 spiro atoms. The summed E-state index contributed by atoms with van der Waals surface area (Å²) in [5, 5.41) is 8.10. The van der Waals surface area contributed by atoms with Crippen LogP contribution < -0.4 is 11.1 Å². The molecule has 0 aromatic rings. The van der Waals surface area contributed by atoms with Gasteiger partial charge in [-0.25, -0.2) is 0 Å². The first-order valence-electron chi connectivity index (χ1n) is 4.17. The number of ether oxygens (including phenoxy) is 1. The topological polar surface area (TPSA) is 105 Å². The van der Waals surface area contributed by atoms with Gasteiger partial charge in [0, 0.05) is 20.8 Å². The van der Waals surface area contributed by atoms with Crippen LogP contribution in [0.5, 0.6) is 0 Å². The van der Waals surface area contributed by atoms with E-state index in [1.165, 1.54) is 0 Å². The molecule has 0 aromatic carbocycles. The monoisotopic (exact) mass is 205 g/mol. The van der Waals surface area contributed by atoms with Gasteiger partial charge in [0.25, 0.3) is 6.47 Å². The quantitative estimate of drug-likeness (QED) is 0.319. The van der Waals surface area contributed by atoms with Gasteiger partial charge in [-0.1, -0.05) is 0 Å². The van der Waals surface area contributed by atoms with Crippen LogP contribution in [0.4, 0.5) is 0 Å². The highest BCUT2D eigenvalue weighted by molar-refractivity contribution is 5.75. The largest absolute Gasteiger partial charge is 0.449 e. The number of hydrogen-bond acceptors (Lipinski definition) is 5. The van der Waals surface area contributed by atoms with E-state index < -0.39 is 6.23 Å². The molecule has 0 rings (SSSR count). The molecule has 1 atom stereocenters. The first-order chi connectivity index (χ1) is 6.70. The minimum Gasteiger partial charge on any atom is -0.449 e. The number of amides is 1. The van der Waals surface area contributed by atoms with E-state index in [1.54, 1.807) is 0 Å². The summed E-state index contributed by atoms with van der Waals surface area (Å²) >= 11 is 0. The first-order valence-corrected chi connectivity index (χ1v) is 4.17. The molecule has 0 heterocycles. The van der Waals surface area contributed by atoms with Crippen molar-refractivity contribution in [2.24, 2.45) is 5.73 Å². The van der Waals surface area contributed by atoms with Crippen LogP contribution in [0.2, 0.25) is 0 Å². The molecule has 0 aliphatic rings. The maximum atomic E-state index is 10.8. The van der Waals surface area contributed by atoms with E-state index in [0.717, 1.165) is 0 Å². The van der Waals surface area contributed by atoms with Crippen LogP contribution in [0.1, 0.15) is 21.2 Å². The van der Waals surface area contributed by atoms with Gasteiger partial charge in [-0.2, -0.15) is 0 Å². The Kier molecular flexibility index (Phi) is 12.4. The van der Waals surface area contributed by atoms with Gasteiger partial charge < -0.3 is 15.5 Å². The smallest absolute Gasteiger partial charge is 0.294 e. The van der Waals surface area contributed by atoms with Gasteiger partial charge in [0.15, 0.2) is 6.23 Å². The maximum Gasteiger partial charge on any atom is 0.294 e. The molecular formula is C8H19N3O3. The van der Waals surface area contributed by atoms with Crippen molar-refractivity contribution < 1.29 is 15.8 Å². The van der Waals surface area contributed by atoms with Crippen molar-refractivity contribution in [3.63, 3.8) is 0 Å². The van der Waals surface area contributed by atoms with Crippen molar-refractivity contribution in [2.45, 2.75) is 26.0 Å². The predicted octanol–water partition coefficient (Wildman–Crippen LogP) is -0.128. The summed E-state index contributed by atoms with van der Waals surface area (Å²) in [4.78, 5) is 20.6. The molecule has 0 bridgehead atoms. The third-order valence-corrected chi connectivity index (χ3v) is 1.26. The lowest BCUT2D eigenvalue weighted by Gasteiger charge is -2.08. The molecule has 0 aromatic heterocycles. The zero-order valence-electron chi connectivity index (χ0n) is 8.29. The summed E-state index contributed by atoms with van der Waals surface area (Å²) in [6, 6.07) is 0. The third kappa shape index (κ3) is 10.6. The molecule has 0 saturated carbocycles. The Morgan fingerprint density at radius 1 is 1.79 bits per heavy atom. The molecule has 4 N–H and O–H groups in total. The highest BCUT2D eigenvalue weighted by Gasteiger charge is 2.05. The molecule has 1 amide bonds. The minimum absolute atomic E-state index is 0.